The summed E-state index contributed by atoms with van der Waals surface area (Å²) >= 11 is 0. The summed E-state index contributed by atoms with van der Waals surface area (Å²) in [6.45, 7) is 4.07. The average Bonchev–Trinajstić information content (AvgIpc) is 3.12. The molecule has 8 nitrogen and oxygen atoms in total. The maximum absolute atomic E-state index is 13.1. The van der Waals surface area contributed by atoms with Gasteiger partial charge in [0.15, 0.2) is 12.5 Å². The Labute approximate surface area is 295 Å². The highest BCUT2D eigenvalue weighted by molar-refractivity contribution is 6.29. The lowest BCUT2D eigenvalue weighted by Gasteiger charge is -2.41. The second kappa shape index (κ2) is 15.8. The zero-order chi connectivity index (χ0) is 35.1. The van der Waals surface area contributed by atoms with E-state index < -0.39 is 35.6 Å². The topological polar surface area (TPSA) is 123 Å². The molecule has 50 heavy (non-hydrogen) atoms. The minimum Gasteiger partial charge on any atom is -0.486 e. The molecule has 0 heterocycles. The van der Waals surface area contributed by atoms with Gasteiger partial charge < -0.3 is 18.9 Å². The highest BCUT2D eigenvalue weighted by Crippen LogP contribution is 2.42. The summed E-state index contributed by atoms with van der Waals surface area (Å²) in [6, 6.07) is 28.2. The number of carbonyl (C=O) groups is 2. The molecular weight excluding hydrogens is 628 g/mol. The maximum Gasteiger partial charge on any atom is 0.419 e. The second-order valence-corrected chi connectivity index (χ2v) is 14.7. The van der Waals surface area contributed by atoms with Crippen molar-refractivity contribution < 1.29 is 28.5 Å². The Balaban J connectivity index is 1.12. The second-order valence-electron chi connectivity index (χ2n) is 14.7. The molecule has 0 aliphatic heterocycles. The van der Waals surface area contributed by atoms with Gasteiger partial charge in [0.1, 0.15) is 22.7 Å². The van der Waals surface area contributed by atoms with Crippen molar-refractivity contribution in [1.82, 2.24) is 0 Å². The molecule has 2 saturated carbocycles. The van der Waals surface area contributed by atoms with E-state index in [9.17, 15) is 9.59 Å². The summed E-state index contributed by atoms with van der Waals surface area (Å²) in [5, 5.41) is 4.16. The first-order valence-electron chi connectivity index (χ1n) is 18.4. The van der Waals surface area contributed by atoms with Gasteiger partial charge in [0.25, 0.3) is 0 Å². The van der Waals surface area contributed by atoms with Gasteiger partial charge in [0, 0.05) is 23.6 Å². The third kappa shape index (κ3) is 8.41. The molecule has 2 fully saturated rings. The predicted molar refractivity (Wildman–Crippen MR) is 196 cm³/mol. The molecule has 0 radical (unpaired) electrons. The highest BCUT2D eigenvalue weighted by Gasteiger charge is 2.42. The molecule has 0 aromatic heterocycles. The van der Waals surface area contributed by atoms with Gasteiger partial charge in [0.05, 0.1) is 0 Å². The van der Waals surface area contributed by atoms with Crippen LogP contribution in [0.4, 0.5) is 0 Å². The van der Waals surface area contributed by atoms with Gasteiger partial charge in [-0.15, -0.1) is 0 Å². The Hall–Kier alpha value is -4.14. The van der Waals surface area contributed by atoms with Crippen LogP contribution >= 0.6 is 0 Å². The summed E-state index contributed by atoms with van der Waals surface area (Å²) in [7, 11) is 0. The summed E-state index contributed by atoms with van der Waals surface area (Å²) in [5.41, 5.74) is 11.4. The Kier molecular flexibility index (Phi) is 11.3. The molecule has 2 aliphatic carbocycles. The molecule has 8 heteroatoms. The lowest BCUT2D eigenvalue weighted by Crippen LogP contribution is -2.49. The fraction of sp³-hybridized carbons (Fsp3) is 0.476. The number of hydrogen-bond acceptors (Lipinski definition) is 8. The Bertz CT molecular complexity index is 1630. The van der Waals surface area contributed by atoms with Crippen LogP contribution < -0.4 is 20.9 Å². The number of carbonyl (C=O) groups excluding carboxylic acids is 2. The van der Waals surface area contributed by atoms with Crippen LogP contribution in [0.3, 0.4) is 0 Å². The van der Waals surface area contributed by atoms with Crippen molar-refractivity contribution in [2.45, 2.75) is 115 Å². The number of rotatable bonds is 12. The van der Waals surface area contributed by atoms with Gasteiger partial charge in [-0.3, -0.25) is 11.5 Å². The predicted octanol–water partition coefficient (Wildman–Crippen LogP) is 8.57. The van der Waals surface area contributed by atoms with Gasteiger partial charge in [-0.1, -0.05) is 111 Å². The zero-order valence-corrected chi connectivity index (χ0v) is 29.5. The third-order valence-electron chi connectivity index (χ3n) is 11.0. The van der Waals surface area contributed by atoms with Crippen LogP contribution in [0, 0.1) is 11.8 Å². The number of esters is 2. The van der Waals surface area contributed by atoms with Crippen molar-refractivity contribution in [2.75, 3.05) is 0 Å². The largest absolute Gasteiger partial charge is 0.486 e. The highest BCUT2D eigenvalue weighted by atomic mass is 16.6. The average molecular weight is 681 g/mol. The van der Waals surface area contributed by atoms with Crippen molar-refractivity contribution >= 4 is 33.5 Å². The first-order valence-corrected chi connectivity index (χ1v) is 18.4. The van der Waals surface area contributed by atoms with Crippen molar-refractivity contribution in [2.24, 2.45) is 23.3 Å². The van der Waals surface area contributed by atoms with Crippen molar-refractivity contribution in [3.63, 3.8) is 0 Å². The van der Waals surface area contributed by atoms with Crippen molar-refractivity contribution in [3.8, 4) is 11.5 Å². The third-order valence-corrected chi connectivity index (χ3v) is 11.0. The van der Waals surface area contributed by atoms with Gasteiger partial charge in [-0.05, 0) is 74.3 Å². The first kappa shape index (κ1) is 35.7. The molecule has 0 spiro atoms. The number of fused-ring (bicyclic) bond motifs is 2. The number of nitrogens with two attached hydrogens (primary N) is 2. The molecule has 4 N–H and O–H groups in total. The van der Waals surface area contributed by atoms with Gasteiger partial charge in [-0.2, -0.15) is 0 Å². The Morgan fingerprint density at radius 1 is 0.580 bits per heavy atom. The lowest BCUT2D eigenvalue weighted by molar-refractivity contribution is -0.177. The van der Waals surface area contributed by atoms with Crippen LogP contribution in [0.1, 0.15) is 90.9 Å². The quantitative estimate of drug-likeness (QED) is 0.0867. The summed E-state index contributed by atoms with van der Waals surface area (Å²) in [4.78, 5) is 26.2. The molecule has 4 aromatic carbocycles. The van der Waals surface area contributed by atoms with Crippen molar-refractivity contribution in [1.29, 1.82) is 0 Å². The van der Waals surface area contributed by atoms with E-state index in [0.717, 1.165) is 84.4 Å². The maximum atomic E-state index is 13.1. The Morgan fingerprint density at radius 2 is 0.940 bits per heavy atom. The van der Waals surface area contributed by atoms with E-state index in [1.807, 2.05) is 74.5 Å². The summed E-state index contributed by atoms with van der Waals surface area (Å²) < 4.78 is 24.6. The van der Waals surface area contributed by atoms with Crippen LogP contribution in [-0.2, 0) is 19.1 Å². The van der Waals surface area contributed by atoms with Gasteiger partial charge >= 0.3 is 11.9 Å². The fourth-order valence-corrected chi connectivity index (χ4v) is 8.34. The van der Waals surface area contributed by atoms with Crippen molar-refractivity contribution in [3.05, 3.63) is 84.9 Å². The lowest BCUT2D eigenvalue weighted by atomic mass is 9.75. The van der Waals surface area contributed by atoms with E-state index in [1.54, 1.807) is 0 Å². The number of ether oxygens (including phenoxy) is 4. The molecule has 2 aliphatic rings. The summed E-state index contributed by atoms with van der Waals surface area (Å²) in [6.07, 6.45) is 8.95. The van der Waals surface area contributed by atoms with Crippen LogP contribution in [-0.4, -0.2) is 35.6 Å². The molecular formula is C42H52N2O6. The molecule has 0 saturated heterocycles. The van der Waals surface area contributed by atoms with E-state index in [0.29, 0.717) is 0 Å². The van der Waals surface area contributed by atoms with Crippen LogP contribution in [0.15, 0.2) is 84.9 Å². The van der Waals surface area contributed by atoms with Gasteiger partial charge in [0.2, 0.25) is 0 Å². The minimum absolute atomic E-state index is 0.208. The van der Waals surface area contributed by atoms with Crippen LogP contribution in [0.2, 0.25) is 0 Å². The molecule has 0 bridgehead atoms. The molecule has 6 rings (SSSR count). The zero-order valence-electron chi connectivity index (χ0n) is 29.5. The Morgan fingerprint density at radius 3 is 1.34 bits per heavy atom. The van der Waals surface area contributed by atoms with E-state index in [2.05, 4.69) is 24.3 Å². The molecule has 4 atom stereocenters. The molecule has 4 unspecified atom stereocenters. The van der Waals surface area contributed by atoms with Crippen LogP contribution in [0.25, 0.3) is 21.5 Å². The van der Waals surface area contributed by atoms with E-state index in [4.69, 9.17) is 30.4 Å². The fourth-order valence-electron chi connectivity index (χ4n) is 8.34. The smallest absolute Gasteiger partial charge is 0.419 e. The first-order chi connectivity index (χ1) is 24.1. The monoisotopic (exact) mass is 680 g/mol. The molecule has 0 amide bonds. The SMILES string of the molecule is CC(CC(N)OC(=O)C(=O)OC(N)CC(C)(Oc1cccc2ccccc12)C1CCCCC1)(Oc1cccc2ccccc12)C1CCCCC1. The van der Waals surface area contributed by atoms with Crippen LogP contribution in [0.5, 0.6) is 11.5 Å². The number of hydrogen-bond donors (Lipinski definition) is 2. The van der Waals surface area contributed by atoms with E-state index >= 15 is 0 Å². The summed E-state index contributed by atoms with van der Waals surface area (Å²) in [5.74, 6) is -0.408. The standard InChI is InChI=1S/C42H52N2O6/c1-41(31-19-5-3-6-20-31,49-35-25-13-17-29-15-9-11-23-33(29)35)27-37(43)47-39(45)40(46)48-38(44)28-42(2,32-21-7-4-8-22-32)50-36-26-14-18-30-16-10-12-24-34(30)36/h9-18,23-26,31-32,37-38H,3-8,19-22,27-28,43-44H2,1-2H3. The number of benzene rings is 4. The normalized spacial score (nSPS) is 19.5. The molecule has 4 aromatic rings. The minimum atomic E-state index is -1.17. The van der Waals surface area contributed by atoms with Gasteiger partial charge in [-0.25, -0.2) is 9.59 Å². The van der Waals surface area contributed by atoms with E-state index in [-0.39, 0.29) is 24.7 Å². The molecule has 266 valence electrons. The van der Waals surface area contributed by atoms with E-state index in [1.165, 1.54) is 12.8 Å².